The highest BCUT2D eigenvalue weighted by Crippen LogP contribution is 2.23. The number of hydrogen-bond acceptors (Lipinski definition) is 4. The van der Waals surface area contributed by atoms with Crippen LogP contribution in [0, 0.1) is 0 Å². The highest BCUT2D eigenvalue weighted by molar-refractivity contribution is 6.30. The van der Waals surface area contributed by atoms with Crippen LogP contribution in [-0.4, -0.2) is 31.4 Å². The molecule has 0 bridgehead atoms. The molecule has 0 radical (unpaired) electrons. The second-order valence-electron chi connectivity index (χ2n) is 3.32. The Morgan fingerprint density at radius 1 is 1.47 bits per heavy atom. The van der Waals surface area contributed by atoms with Gasteiger partial charge in [-0.1, -0.05) is 16.8 Å². The van der Waals surface area contributed by atoms with Gasteiger partial charge in [0, 0.05) is 25.2 Å². The van der Waals surface area contributed by atoms with Crippen molar-refractivity contribution in [1.29, 1.82) is 0 Å². The summed E-state index contributed by atoms with van der Waals surface area (Å²) in [4.78, 5) is 0. The third-order valence-corrected chi connectivity index (χ3v) is 2.31. The summed E-state index contributed by atoms with van der Waals surface area (Å²) in [5.41, 5.74) is 6.04. The van der Waals surface area contributed by atoms with Gasteiger partial charge in [0.15, 0.2) is 5.84 Å². The standard InChI is InChI=1S/C11H15ClN2O3/c1-16-5-2-6-17-10-7-8(12)3-4-9(10)11(13)14-15/h3-4,7,15H,2,5-6H2,1H3,(H2,13,14). The molecule has 3 N–H and O–H groups in total. The molecule has 94 valence electrons. The van der Waals surface area contributed by atoms with E-state index in [1.54, 1.807) is 25.3 Å². The molecular formula is C11H15ClN2O3. The van der Waals surface area contributed by atoms with E-state index >= 15 is 0 Å². The maximum absolute atomic E-state index is 8.65. The Labute approximate surface area is 105 Å². The molecule has 1 aromatic rings. The Hall–Kier alpha value is -1.46. The molecule has 0 unspecified atom stereocenters. The van der Waals surface area contributed by atoms with Crippen molar-refractivity contribution in [1.82, 2.24) is 0 Å². The molecule has 0 aliphatic rings. The van der Waals surface area contributed by atoms with Crippen LogP contribution >= 0.6 is 11.6 Å². The van der Waals surface area contributed by atoms with Gasteiger partial charge in [0.2, 0.25) is 0 Å². The van der Waals surface area contributed by atoms with Crippen LogP contribution in [0.3, 0.4) is 0 Å². The van der Waals surface area contributed by atoms with Crippen molar-refractivity contribution in [3.8, 4) is 5.75 Å². The first-order chi connectivity index (χ1) is 8.19. The van der Waals surface area contributed by atoms with Crippen molar-refractivity contribution in [2.24, 2.45) is 10.9 Å². The van der Waals surface area contributed by atoms with Gasteiger partial charge in [-0.25, -0.2) is 0 Å². The zero-order valence-electron chi connectivity index (χ0n) is 9.52. The fourth-order valence-electron chi connectivity index (χ4n) is 1.27. The van der Waals surface area contributed by atoms with Crippen LogP contribution in [0.25, 0.3) is 0 Å². The molecule has 0 aromatic heterocycles. The minimum Gasteiger partial charge on any atom is -0.493 e. The summed E-state index contributed by atoms with van der Waals surface area (Å²) in [5.74, 6) is 0.479. The predicted molar refractivity (Wildman–Crippen MR) is 66.0 cm³/mol. The first-order valence-corrected chi connectivity index (χ1v) is 5.46. The minimum absolute atomic E-state index is 0.0107. The van der Waals surface area contributed by atoms with E-state index in [0.717, 1.165) is 6.42 Å². The van der Waals surface area contributed by atoms with Gasteiger partial charge in [0.25, 0.3) is 0 Å². The van der Waals surface area contributed by atoms with Crippen LogP contribution in [0.2, 0.25) is 5.02 Å². The Morgan fingerprint density at radius 2 is 2.24 bits per heavy atom. The van der Waals surface area contributed by atoms with Gasteiger partial charge in [-0.05, 0) is 18.2 Å². The second kappa shape index (κ2) is 6.98. The monoisotopic (exact) mass is 258 g/mol. The van der Waals surface area contributed by atoms with Gasteiger partial charge < -0.3 is 20.4 Å². The maximum atomic E-state index is 8.65. The largest absolute Gasteiger partial charge is 0.493 e. The first-order valence-electron chi connectivity index (χ1n) is 5.08. The van der Waals surface area contributed by atoms with E-state index in [4.69, 9.17) is 32.0 Å². The van der Waals surface area contributed by atoms with Crippen molar-refractivity contribution in [3.63, 3.8) is 0 Å². The molecular weight excluding hydrogens is 244 g/mol. The van der Waals surface area contributed by atoms with Crippen molar-refractivity contribution in [2.45, 2.75) is 6.42 Å². The van der Waals surface area contributed by atoms with Gasteiger partial charge in [-0.2, -0.15) is 0 Å². The number of methoxy groups -OCH3 is 1. The van der Waals surface area contributed by atoms with Crippen molar-refractivity contribution >= 4 is 17.4 Å². The molecule has 6 heteroatoms. The average molecular weight is 259 g/mol. The van der Waals surface area contributed by atoms with Crippen molar-refractivity contribution in [3.05, 3.63) is 28.8 Å². The molecule has 5 nitrogen and oxygen atoms in total. The first kappa shape index (κ1) is 13.6. The van der Waals surface area contributed by atoms with Crippen LogP contribution < -0.4 is 10.5 Å². The van der Waals surface area contributed by atoms with Gasteiger partial charge in [0.05, 0.1) is 12.2 Å². The van der Waals surface area contributed by atoms with Gasteiger partial charge in [-0.3, -0.25) is 0 Å². The molecule has 1 rings (SSSR count). The zero-order valence-corrected chi connectivity index (χ0v) is 10.3. The zero-order chi connectivity index (χ0) is 12.7. The summed E-state index contributed by atoms with van der Waals surface area (Å²) >= 11 is 5.86. The van der Waals surface area contributed by atoms with Crippen LogP contribution in [0.1, 0.15) is 12.0 Å². The summed E-state index contributed by atoms with van der Waals surface area (Å²) in [6, 6.07) is 4.92. The lowest BCUT2D eigenvalue weighted by Crippen LogP contribution is -2.15. The van der Waals surface area contributed by atoms with Crippen LogP contribution in [0.4, 0.5) is 0 Å². The molecule has 0 heterocycles. The number of hydrogen-bond donors (Lipinski definition) is 2. The summed E-state index contributed by atoms with van der Waals surface area (Å²) < 4.78 is 10.4. The highest BCUT2D eigenvalue weighted by Gasteiger charge is 2.09. The molecule has 0 aliphatic carbocycles. The Bertz CT molecular complexity index is 396. The van der Waals surface area contributed by atoms with Crippen LogP contribution in [-0.2, 0) is 4.74 Å². The fourth-order valence-corrected chi connectivity index (χ4v) is 1.43. The molecule has 0 atom stereocenters. The lowest BCUT2D eigenvalue weighted by Gasteiger charge is -2.10. The van der Waals surface area contributed by atoms with E-state index in [0.29, 0.717) is 29.5 Å². The third-order valence-electron chi connectivity index (χ3n) is 2.08. The maximum Gasteiger partial charge on any atom is 0.173 e. The molecule has 0 amide bonds. The van der Waals surface area contributed by atoms with E-state index in [9.17, 15) is 0 Å². The Balaban J connectivity index is 2.77. The van der Waals surface area contributed by atoms with Crippen molar-refractivity contribution < 1.29 is 14.7 Å². The van der Waals surface area contributed by atoms with E-state index in [1.165, 1.54) is 0 Å². The van der Waals surface area contributed by atoms with Gasteiger partial charge in [-0.15, -0.1) is 0 Å². The number of rotatable bonds is 6. The second-order valence-corrected chi connectivity index (χ2v) is 3.76. The lowest BCUT2D eigenvalue weighted by molar-refractivity contribution is 0.172. The molecule has 0 spiro atoms. The molecule has 0 saturated heterocycles. The van der Waals surface area contributed by atoms with Gasteiger partial charge >= 0.3 is 0 Å². The van der Waals surface area contributed by atoms with Crippen LogP contribution in [0.15, 0.2) is 23.4 Å². The number of amidine groups is 1. The van der Waals surface area contributed by atoms with Gasteiger partial charge in [0.1, 0.15) is 5.75 Å². The van der Waals surface area contributed by atoms with E-state index in [-0.39, 0.29) is 5.84 Å². The predicted octanol–water partition coefficient (Wildman–Crippen LogP) is 1.85. The number of oxime groups is 1. The SMILES string of the molecule is COCCCOc1cc(Cl)ccc1/C(N)=N/O. The molecule has 0 saturated carbocycles. The summed E-state index contributed by atoms with van der Waals surface area (Å²) in [5, 5.41) is 12.1. The highest BCUT2D eigenvalue weighted by atomic mass is 35.5. The molecule has 1 aromatic carbocycles. The molecule has 0 aliphatic heterocycles. The molecule has 17 heavy (non-hydrogen) atoms. The van der Waals surface area contributed by atoms with Crippen LogP contribution in [0.5, 0.6) is 5.75 Å². The van der Waals surface area contributed by atoms with E-state index in [1.807, 2.05) is 0 Å². The third kappa shape index (κ3) is 4.13. The molecule has 0 fully saturated rings. The summed E-state index contributed by atoms with van der Waals surface area (Å²) in [6.45, 7) is 1.08. The smallest absolute Gasteiger partial charge is 0.173 e. The Kier molecular flexibility index (Phi) is 5.59. The van der Waals surface area contributed by atoms with E-state index in [2.05, 4.69) is 5.16 Å². The van der Waals surface area contributed by atoms with Crippen molar-refractivity contribution in [2.75, 3.05) is 20.3 Å². The summed E-state index contributed by atoms with van der Waals surface area (Å²) in [6.07, 6.45) is 0.749. The topological polar surface area (TPSA) is 77.1 Å². The Morgan fingerprint density at radius 3 is 2.88 bits per heavy atom. The quantitative estimate of drug-likeness (QED) is 0.268. The number of ether oxygens (including phenoxy) is 2. The average Bonchev–Trinajstić information content (AvgIpc) is 2.34. The summed E-state index contributed by atoms with van der Waals surface area (Å²) in [7, 11) is 1.63. The lowest BCUT2D eigenvalue weighted by atomic mass is 10.2. The van der Waals surface area contributed by atoms with E-state index < -0.39 is 0 Å². The normalized spacial score (nSPS) is 11.5. The number of halogens is 1. The number of nitrogens with zero attached hydrogens (tertiary/aromatic N) is 1. The minimum atomic E-state index is -0.0107. The fraction of sp³-hybridized carbons (Fsp3) is 0.364. The number of benzene rings is 1. The number of nitrogens with two attached hydrogens (primary N) is 1.